The highest BCUT2D eigenvalue weighted by Gasteiger charge is 2.33. The SMILES string of the molecule is CC(=O)N[C@@H](Cc1cccc(F)c1)C(=O)N[C@H](C(N)=O)[C@H]1CCCC(=O)C1. The third-order valence-corrected chi connectivity index (χ3v) is 4.62. The van der Waals surface area contributed by atoms with Crippen molar-refractivity contribution in [1.82, 2.24) is 10.6 Å². The van der Waals surface area contributed by atoms with Gasteiger partial charge < -0.3 is 16.4 Å². The van der Waals surface area contributed by atoms with Gasteiger partial charge in [-0.25, -0.2) is 4.39 Å². The maximum atomic E-state index is 13.4. The minimum atomic E-state index is -0.995. The molecule has 27 heavy (non-hydrogen) atoms. The van der Waals surface area contributed by atoms with E-state index in [9.17, 15) is 23.6 Å². The van der Waals surface area contributed by atoms with Crippen molar-refractivity contribution in [3.8, 4) is 0 Å². The van der Waals surface area contributed by atoms with Gasteiger partial charge in [-0.1, -0.05) is 12.1 Å². The number of nitrogens with two attached hydrogens (primary N) is 1. The Balaban J connectivity index is 2.13. The van der Waals surface area contributed by atoms with Crippen molar-refractivity contribution in [1.29, 1.82) is 0 Å². The highest BCUT2D eigenvalue weighted by molar-refractivity contribution is 5.92. The summed E-state index contributed by atoms with van der Waals surface area (Å²) < 4.78 is 13.4. The quantitative estimate of drug-likeness (QED) is 0.645. The van der Waals surface area contributed by atoms with Gasteiger partial charge in [-0.15, -0.1) is 0 Å². The number of nitrogens with one attached hydrogen (secondary N) is 2. The van der Waals surface area contributed by atoms with Gasteiger partial charge >= 0.3 is 0 Å². The van der Waals surface area contributed by atoms with Crippen LogP contribution in [0.3, 0.4) is 0 Å². The van der Waals surface area contributed by atoms with Gasteiger partial charge in [0.15, 0.2) is 0 Å². The molecule has 0 aromatic heterocycles. The van der Waals surface area contributed by atoms with Crippen molar-refractivity contribution in [2.75, 3.05) is 0 Å². The summed E-state index contributed by atoms with van der Waals surface area (Å²) in [5.41, 5.74) is 5.95. The summed E-state index contributed by atoms with van der Waals surface area (Å²) in [4.78, 5) is 47.7. The molecule has 7 nitrogen and oxygen atoms in total. The normalized spacial score (nSPS) is 19.0. The maximum Gasteiger partial charge on any atom is 0.243 e. The minimum absolute atomic E-state index is 0.0323. The lowest BCUT2D eigenvalue weighted by Gasteiger charge is -2.29. The Kier molecular flexibility index (Phi) is 7.04. The number of hydrogen-bond acceptors (Lipinski definition) is 4. The van der Waals surface area contributed by atoms with Crippen molar-refractivity contribution < 1.29 is 23.6 Å². The average molecular weight is 377 g/mol. The highest BCUT2D eigenvalue weighted by atomic mass is 19.1. The van der Waals surface area contributed by atoms with Crippen LogP contribution in [0.1, 0.15) is 38.2 Å². The first kappa shape index (κ1) is 20.5. The molecule has 3 atom stereocenters. The highest BCUT2D eigenvalue weighted by Crippen LogP contribution is 2.24. The van der Waals surface area contributed by atoms with E-state index in [0.29, 0.717) is 24.8 Å². The molecule has 2 rings (SSSR count). The van der Waals surface area contributed by atoms with E-state index in [1.54, 1.807) is 6.07 Å². The average Bonchev–Trinajstić information content (AvgIpc) is 2.58. The summed E-state index contributed by atoms with van der Waals surface area (Å²) in [7, 11) is 0. The van der Waals surface area contributed by atoms with E-state index in [4.69, 9.17) is 5.73 Å². The largest absolute Gasteiger partial charge is 0.368 e. The van der Waals surface area contributed by atoms with Crippen LogP contribution in [0, 0.1) is 11.7 Å². The predicted molar refractivity (Wildman–Crippen MR) is 95.8 cm³/mol. The van der Waals surface area contributed by atoms with E-state index in [1.165, 1.54) is 25.1 Å². The molecule has 0 spiro atoms. The molecule has 8 heteroatoms. The van der Waals surface area contributed by atoms with Gasteiger partial charge in [0.1, 0.15) is 23.7 Å². The first-order valence-corrected chi connectivity index (χ1v) is 8.89. The molecule has 1 saturated carbocycles. The Morgan fingerprint density at radius 2 is 2.04 bits per heavy atom. The number of carbonyl (C=O) groups is 4. The molecule has 3 amide bonds. The third-order valence-electron chi connectivity index (χ3n) is 4.62. The summed E-state index contributed by atoms with van der Waals surface area (Å²) >= 11 is 0. The summed E-state index contributed by atoms with van der Waals surface area (Å²) in [6, 6.07) is 3.70. The first-order valence-electron chi connectivity index (χ1n) is 8.89. The van der Waals surface area contributed by atoms with Crippen molar-refractivity contribution >= 4 is 23.5 Å². The number of ketones is 1. The van der Waals surface area contributed by atoms with Crippen molar-refractivity contribution in [2.24, 2.45) is 11.7 Å². The number of hydrogen-bond donors (Lipinski definition) is 3. The van der Waals surface area contributed by atoms with Gasteiger partial charge in [0.2, 0.25) is 17.7 Å². The van der Waals surface area contributed by atoms with Gasteiger partial charge in [0.25, 0.3) is 0 Å². The van der Waals surface area contributed by atoms with Crippen LogP contribution in [-0.4, -0.2) is 35.6 Å². The minimum Gasteiger partial charge on any atom is -0.368 e. The van der Waals surface area contributed by atoms with Gasteiger partial charge in [0.05, 0.1) is 0 Å². The fraction of sp³-hybridized carbons (Fsp3) is 0.474. The number of carbonyl (C=O) groups excluding carboxylic acids is 4. The van der Waals surface area contributed by atoms with E-state index in [0.717, 1.165) is 0 Å². The summed E-state index contributed by atoms with van der Waals surface area (Å²) in [5.74, 6) is -2.54. The van der Waals surface area contributed by atoms with Gasteiger partial charge in [0, 0.05) is 26.2 Å². The third kappa shape index (κ3) is 6.16. The standard InChI is InChI=1S/C19H24FN3O4/c1-11(24)22-16(9-12-4-2-6-14(20)8-12)19(27)23-17(18(21)26)13-5-3-7-15(25)10-13/h2,4,6,8,13,16-17H,3,5,7,9-10H2,1H3,(H2,21,26)(H,22,24)(H,23,27)/t13-,16-,17-/m0/s1. The molecule has 0 saturated heterocycles. The van der Waals surface area contributed by atoms with Crippen LogP contribution in [0.5, 0.6) is 0 Å². The molecule has 0 radical (unpaired) electrons. The van der Waals surface area contributed by atoms with Crippen LogP contribution in [0.2, 0.25) is 0 Å². The number of rotatable bonds is 7. The number of primary amides is 1. The van der Waals surface area contributed by atoms with E-state index in [1.807, 2.05) is 0 Å². The molecule has 1 fully saturated rings. The molecule has 0 unspecified atom stereocenters. The molecule has 4 N–H and O–H groups in total. The molecule has 1 aromatic carbocycles. The van der Waals surface area contributed by atoms with Crippen molar-refractivity contribution in [3.05, 3.63) is 35.6 Å². The second-order valence-electron chi connectivity index (χ2n) is 6.87. The molecular weight excluding hydrogens is 353 g/mol. The van der Waals surface area contributed by atoms with E-state index < -0.39 is 35.6 Å². The molecule has 0 aliphatic heterocycles. The van der Waals surface area contributed by atoms with Crippen LogP contribution in [-0.2, 0) is 25.6 Å². The Morgan fingerprint density at radius 3 is 2.63 bits per heavy atom. The van der Waals surface area contributed by atoms with Crippen molar-refractivity contribution in [3.63, 3.8) is 0 Å². The van der Waals surface area contributed by atoms with Crippen LogP contribution in [0.15, 0.2) is 24.3 Å². The van der Waals surface area contributed by atoms with Crippen LogP contribution < -0.4 is 16.4 Å². The van der Waals surface area contributed by atoms with Gasteiger partial charge in [-0.05, 0) is 36.5 Å². The lowest BCUT2D eigenvalue weighted by Crippen LogP contribution is -2.56. The molecule has 1 aromatic rings. The monoisotopic (exact) mass is 377 g/mol. The molecule has 0 heterocycles. The Labute approximate surface area is 156 Å². The maximum absolute atomic E-state index is 13.4. The summed E-state index contributed by atoms with van der Waals surface area (Å²) in [6.45, 7) is 1.26. The zero-order valence-electron chi connectivity index (χ0n) is 15.2. The van der Waals surface area contributed by atoms with Gasteiger partial charge in [-0.2, -0.15) is 0 Å². The number of benzene rings is 1. The predicted octanol–water partition coefficient (Wildman–Crippen LogP) is 0.602. The van der Waals surface area contributed by atoms with Crippen LogP contribution >= 0.6 is 0 Å². The Hall–Kier alpha value is -2.77. The fourth-order valence-corrected chi connectivity index (χ4v) is 3.37. The lowest BCUT2D eigenvalue weighted by atomic mass is 9.82. The Morgan fingerprint density at radius 1 is 1.30 bits per heavy atom. The van der Waals surface area contributed by atoms with E-state index in [-0.39, 0.29) is 24.5 Å². The first-order chi connectivity index (χ1) is 12.8. The summed E-state index contributed by atoms with van der Waals surface area (Å²) in [5, 5.41) is 5.08. The van der Waals surface area contributed by atoms with E-state index >= 15 is 0 Å². The molecule has 146 valence electrons. The molecule has 1 aliphatic rings. The summed E-state index contributed by atoms with van der Waals surface area (Å²) in [6.07, 6.45) is 1.95. The van der Waals surface area contributed by atoms with Gasteiger partial charge in [-0.3, -0.25) is 19.2 Å². The second-order valence-corrected chi connectivity index (χ2v) is 6.87. The Bertz CT molecular complexity index is 737. The van der Waals surface area contributed by atoms with Crippen LogP contribution in [0.25, 0.3) is 0 Å². The lowest BCUT2D eigenvalue weighted by molar-refractivity contribution is -0.132. The zero-order valence-corrected chi connectivity index (χ0v) is 15.2. The van der Waals surface area contributed by atoms with Crippen LogP contribution in [0.4, 0.5) is 4.39 Å². The topological polar surface area (TPSA) is 118 Å². The molecular formula is C19H24FN3O4. The molecule has 0 bridgehead atoms. The zero-order chi connectivity index (χ0) is 20.0. The second kappa shape index (κ2) is 9.25. The van der Waals surface area contributed by atoms with Crippen molar-refractivity contribution in [2.45, 2.75) is 51.1 Å². The number of Topliss-reactive ketones (excluding diaryl/α,β-unsaturated/α-hetero) is 1. The smallest absolute Gasteiger partial charge is 0.243 e. The molecule has 1 aliphatic carbocycles. The number of halogens is 1. The number of amides is 3. The van der Waals surface area contributed by atoms with E-state index in [2.05, 4.69) is 10.6 Å². The fourth-order valence-electron chi connectivity index (χ4n) is 3.37.